The van der Waals surface area contributed by atoms with Crippen molar-refractivity contribution in [2.45, 2.75) is 64.6 Å². The Labute approximate surface area is 179 Å². The third-order valence-corrected chi connectivity index (χ3v) is 6.64. The van der Waals surface area contributed by atoms with Crippen molar-refractivity contribution in [2.24, 2.45) is 11.7 Å². The lowest BCUT2D eigenvalue weighted by Crippen LogP contribution is -2.24. The molecule has 0 spiro atoms. The third-order valence-electron chi connectivity index (χ3n) is 6.64. The molecule has 0 atom stereocenters. The molecule has 1 saturated carbocycles. The number of halogens is 1. The number of carbonyl (C=O) groups excluding carboxylic acids is 2. The summed E-state index contributed by atoms with van der Waals surface area (Å²) < 4.78 is 21.3. The second kappa shape index (κ2) is 8.32. The molecular weight excluding hydrogens is 403 g/mol. The molecule has 0 saturated heterocycles. The Balaban J connectivity index is 1.92. The number of rotatable bonds is 7. The second-order valence-corrected chi connectivity index (χ2v) is 8.65. The predicted molar refractivity (Wildman–Crippen MR) is 112 cm³/mol. The summed E-state index contributed by atoms with van der Waals surface area (Å²) in [7, 11) is 0. The standard InChI is InChI=1S/C23H27FN2O5/c1-12-19(22(29)23(25)30)20-17(31-11-18(27)28)9-14-3-2-4-16(14)21(20)26(12)10-13-5-7-15(24)8-6-13/h9,13,15H,2-8,10-11H2,1H3,(H2,25,30)(H,27,28). The molecule has 1 fully saturated rings. The van der Waals surface area contributed by atoms with Crippen molar-refractivity contribution in [1.82, 2.24) is 4.57 Å². The second-order valence-electron chi connectivity index (χ2n) is 8.65. The number of fused-ring (bicyclic) bond motifs is 3. The molecular formula is C23H27FN2O5. The average molecular weight is 430 g/mol. The number of carboxylic acids is 1. The molecule has 1 aromatic carbocycles. The van der Waals surface area contributed by atoms with Crippen molar-refractivity contribution < 1.29 is 28.6 Å². The van der Waals surface area contributed by atoms with Gasteiger partial charge in [0.05, 0.1) is 16.5 Å². The molecule has 1 amide bonds. The Morgan fingerprint density at radius 1 is 1.23 bits per heavy atom. The molecule has 31 heavy (non-hydrogen) atoms. The van der Waals surface area contributed by atoms with Crippen LogP contribution in [-0.4, -0.2) is 40.1 Å². The quantitative estimate of drug-likeness (QED) is 0.518. The van der Waals surface area contributed by atoms with Gasteiger partial charge in [-0.1, -0.05) is 0 Å². The lowest BCUT2D eigenvalue weighted by molar-refractivity contribution is -0.139. The largest absolute Gasteiger partial charge is 0.481 e. The molecule has 2 aromatic rings. The number of primary amides is 1. The van der Waals surface area contributed by atoms with Crippen molar-refractivity contribution in [1.29, 1.82) is 0 Å². The molecule has 4 rings (SSSR count). The van der Waals surface area contributed by atoms with Crippen molar-refractivity contribution in [2.75, 3.05) is 6.61 Å². The number of aryl methyl sites for hydroxylation is 2. The molecule has 2 aliphatic rings. The fourth-order valence-electron chi connectivity index (χ4n) is 5.16. The van der Waals surface area contributed by atoms with E-state index in [1.54, 1.807) is 13.0 Å². The molecule has 0 radical (unpaired) electrons. The smallest absolute Gasteiger partial charge is 0.341 e. The molecule has 3 N–H and O–H groups in total. The van der Waals surface area contributed by atoms with E-state index in [2.05, 4.69) is 0 Å². The number of nitrogens with zero attached hydrogens (tertiary/aromatic N) is 1. The van der Waals surface area contributed by atoms with Crippen LogP contribution in [0.4, 0.5) is 4.39 Å². The fraction of sp³-hybridized carbons (Fsp3) is 0.522. The van der Waals surface area contributed by atoms with Gasteiger partial charge >= 0.3 is 5.97 Å². The first-order chi connectivity index (χ1) is 14.8. The third kappa shape index (κ3) is 3.91. The number of alkyl halides is 1. The highest BCUT2D eigenvalue weighted by atomic mass is 19.1. The maximum absolute atomic E-state index is 13.6. The van der Waals surface area contributed by atoms with E-state index >= 15 is 0 Å². The zero-order chi connectivity index (χ0) is 22.3. The van der Waals surface area contributed by atoms with Crippen LogP contribution < -0.4 is 10.5 Å². The van der Waals surface area contributed by atoms with Crippen molar-refractivity contribution in [3.8, 4) is 5.75 Å². The Kier molecular flexibility index (Phi) is 5.73. The van der Waals surface area contributed by atoms with Gasteiger partial charge in [-0.05, 0) is 75.0 Å². The van der Waals surface area contributed by atoms with E-state index in [1.165, 1.54) is 0 Å². The van der Waals surface area contributed by atoms with E-state index in [0.29, 0.717) is 30.5 Å². The highest BCUT2D eigenvalue weighted by Gasteiger charge is 2.31. The van der Waals surface area contributed by atoms with Gasteiger partial charge in [0.15, 0.2) is 6.61 Å². The lowest BCUT2D eigenvalue weighted by Gasteiger charge is -2.26. The molecule has 8 heteroatoms. The highest BCUT2D eigenvalue weighted by molar-refractivity contribution is 6.45. The number of hydrogen-bond donors (Lipinski definition) is 2. The van der Waals surface area contributed by atoms with Gasteiger partial charge in [-0.25, -0.2) is 9.18 Å². The lowest BCUT2D eigenvalue weighted by atomic mass is 9.88. The van der Waals surface area contributed by atoms with Crippen LogP contribution in [0, 0.1) is 12.8 Å². The first-order valence-corrected chi connectivity index (χ1v) is 10.8. The number of hydrogen-bond acceptors (Lipinski definition) is 4. The van der Waals surface area contributed by atoms with Gasteiger partial charge in [0.25, 0.3) is 11.7 Å². The van der Waals surface area contributed by atoms with Gasteiger partial charge in [-0.15, -0.1) is 0 Å². The van der Waals surface area contributed by atoms with E-state index in [0.717, 1.165) is 48.7 Å². The number of amides is 1. The van der Waals surface area contributed by atoms with E-state index in [9.17, 15) is 18.8 Å². The summed E-state index contributed by atoms with van der Waals surface area (Å²) in [6, 6.07) is 1.80. The van der Waals surface area contributed by atoms with Gasteiger partial charge in [0, 0.05) is 12.2 Å². The van der Waals surface area contributed by atoms with Crippen LogP contribution in [0.25, 0.3) is 10.9 Å². The normalized spacial score (nSPS) is 20.6. The van der Waals surface area contributed by atoms with Crippen molar-refractivity contribution in [3.05, 3.63) is 28.5 Å². The van der Waals surface area contributed by atoms with E-state index in [-0.39, 0.29) is 17.2 Å². The van der Waals surface area contributed by atoms with Gasteiger partial charge in [-0.3, -0.25) is 9.59 Å². The zero-order valence-electron chi connectivity index (χ0n) is 17.6. The minimum atomic E-state index is -1.13. The van der Waals surface area contributed by atoms with Crippen LogP contribution >= 0.6 is 0 Å². The summed E-state index contributed by atoms with van der Waals surface area (Å²) in [5, 5.41) is 9.56. The van der Waals surface area contributed by atoms with Crippen LogP contribution in [0.15, 0.2) is 6.07 Å². The Morgan fingerprint density at radius 2 is 1.94 bits per heavy atom. The number of benzene rings is 1. The maximum atomic E-state index is 13.6. The van der Waals surface area contributed by atoms with Gasteiger partial charge in [0.2, 0.25) is 0 Å². The van der Waals surface area contributed by atoms with E-state index < -0.39 is 30.4 Å². The Morgan fingerprint density at radius 3 is 2.58 bits per heavy atom. The molecule has 2 aliphatic carbocycles. The number of ether oxygens (including phenoxy) is 1. The summed E-state index contributed by atoms with van der Waals surface area (Å²) in [6.45, 7) is 1.83. The van der Waals surface area contributed by atoms with E-state index in [4.69, 9.17) is 15.6 Å². The minimum Gasteiger partial charge on any atom is -0.481 e. The van der Waals surface area contributed by atoms with Gasteiger partial charge < -0.3 is 20.1 Å². The summed E-state index contributed by atoms with van der Waals surface area (Å²) in [5.74, 6) is -2.46. The number of aliphatic carboxylic acids is 1. The van der Waals surface area contributed by atoms with Crippen LogP contribution in [0.3, 0.4) is 0 Å². The summed E-state index contributed by atoms with van der Waals surface area (Å²) in [5.41, 5.74) is 9.12. The predicted octanol–water partition coefficient (Wildman–Crippen LogP) is 3.10. The first-order valence-electron chi connectivity index (χ1n) is 10.8. The number of aromatic nitrogens is 1. The Bertz CT molecular complexity index is 1070. The van der Waals surface area contributed by atoms with Gasteiger partial charge in [-0.2, -0.15) is 0 Å². The number of carbonyl (C=O) groups is 3. The Hall–Kier alpha value is -2.90. The van der Waals surface area contributed by atoms with Crippen LogP contribution in [0.1, 0.15) is 59.3 Å². The molecule has 0 aliphatic heterocycles. The summed E-state index contributed by atoms with van der Waals surface area (Å²) in [6.07, 6.45) is 4.44. The minimum absolute atomic E-state index is 0.178. The van der Waals surface area contributed by atoms with Gasteiger partial charge in [0.1, 0.15) is 11.9 Å². The average Bonchev–Trinajstić information content (AvgIpc) is 3.30. The monoisotopic (exact) mass is 430 g/mol. The van der Waals surface area contributed by atoms with Crippen molar-refractivity contribution in [3.63, 3.8) is 0 Å². The topological polar surface area (TPSA) is 112 Å². The summed E-state index contributed by atoms with van der Waals surface area (Å²) >= 11 is 0. The number of carboxylic acid groups (broad SMARTS) is 1. The molecule has 1 heterocycles. The van der Waals surface area contributed by atoms with Crippen LogP contribution in [0.2, 0.25) is 0 Å². The number of ketones is 1. The first kappa shape index (κ1) is 21.3. The molecule has 0 bridgehead atoms. The molecule has 0 unspecified atom stereocenters. The SMILES string of the molecule is Cc1c(C(=O)C(N)=O)c2c(OCC(=O)O)cc3c(c2n1CC1CCC(F)CC1)CCC3. The summed E-state index contributed by atoms with van der Waals surface area (Å²) in [4.78, 5) is 35.8. The molecule has 1 aromatic heterocycles. The van der Waals surface area contributed by atoms with Crippen molar-refractivity contribution >= 4 is 28.6 Å². The number of nitrogens with two attached hydrogens (primary N) is 1. The van der Waals surface area contributed by atoms with E-state index in [1.807, 2.05) is 4.57 Å². The van der Waals surface area contributed by atoms with Crippen LogP contribution in [0.5, 0.6) is 5.75 Å². The molecule has 7 nitrogen and oxygen atoms in total. The number of Topliss-reactive ketones (excluding diaryl/α,β-unsaturated/α-hetero) is 1. The maximum Gasteiger partial charge on any atom is 0.341 e. The highest BCUT2D eigenvalue weighted by Crippen LogP contribution is 2.42. The zero-order valence-corrected chi connectivity index (χ0v) is 17.6. The van der Waals surface area contributed by atoms with Crippen LogP contribution in [-0.2, 0) is 29.0 Å². The molecule has 166 valence electrons. The fourth-order valence-corrected chi connectivity index (χ4v) is 5.16.